The standard InChI is InChI=1S/C9H15OS/c1-4-8-7(10)5-9(11-8)6(2)3/h6,8-9H,2,4-5H2,1,3H3. The fourth-order valence-corrected chi connectivity index (χ4v) is 2.72. The van der Waals surface area contributed by atoms with E-state index in [1.54, 1.807) is 0 Å². The van der Waals surface area contributed by atoms with E-state index in [1.165, 1.54) is 0 Å². The quantitative estimate of drug-likeness (QED) is 0.634. The van der Waals surface area contributed by atoms with Crippen molar-refractivity contribution in [3.63, 3.8) is 0 Å². The number of hydrogen-bond donors (Lipinski definition) is 0. The number of hydrogen-bond acceptors (Lipinski definition) is 2. The van der Waals surface area contributed by atoms with Gasteiger partial charge in [-0.2, -0.15) is 0 Å². The molecule has 1 nitrogen and oxygen atoms in total. The van der Waals surface area contributed by atoms with Crippen LogP contribution in [0.5, 0.6) is 0 Å². The highest BCUT2D eigenvalue weighted by atomic mass is 32.2. The van der Waals surface area contributed by atoms with Crippen molar-refractivity contribution in [2.45, 2.75) is 37.2 Å². The molecule has 0 aromatic rings. The van der Waals surface area contributed by atoms with E-state index in [-0.39, 0.29) is 5.25 Å². The van der Waals surface area contributed by atoms with Crippen LogP contribution in [0.25, 0.3) is 0 Å². The second kappa shape index (κ2) is 3.61. The molecule has 1 rings (SSSR count). The lowest BCUT2D eigenvalue weighted by Gasteiger charge is -2.11. The Kier molecular flexibility index (Phi) is 2.99. The molecule has 0 bridgehead atoms. The largest absolute Gasteiger partial charge is 0.298 e. The van der Waals surface area contributed by atoms with Crippen LogP contribution in [0.4, 0.5) is 0 Å². The van der Waals surface area contributed by atoms with E-state index in [4.69, 9.17) is 0 Å². The van der Waals surface area contributed by atoms with Gasteiger partial charge < -0.3 is 0 Å². The molecule has 1 heterocycles. The van der Waals surface area contributed by atoms with Crippen LogP contribution in [0.1, 0.15) is 26.7 Å². The number of carbonyl (C=O) groups excluding carboxylic acids is 1. The van der Waals surface area contributed by atoms with Crippen molar-refractivity contribution in [1.29, 1.82) is 0 Å². The zero-order valence-corrected chi connectivity index (χ0v) is 7.99. The van der Waals surface area contributed by atoms with Gasteiger partial charge in [0, 0.05) is 11.7 Å². The van der Waals surface area contributed by atoms with Crippen LogP contribution < -0.4 is 0 Å². The molecule has 0 aliphatic carbocycles. The first kappa shape index (κ1) is 9.11. The minimum absolute atomic E-state index is 0.268. The van der Waals surface area contributed by atoms with E-state index in [0.29, 0.717) is 17.0 Å². The summed E-state index contributed by atoms with van der Waals surface area (Å²) in [5, 5.41) is 0.747. The molecule has 0 aromatic carbocycles. The van der Waals surface area contributed by atoms with Crippen LogP contribution in [0.3, 0.4) is 0 Å². The van der Waals surface area contributed by atoms with E-state index in [0.717, 1.165) is 12.8 Å². The Morgan fingerprint density at radius 2 is 2.45 bits per heavy atom. The van der Waals surface area contributed by atoms with Crippen LogP contribution >= 0.6 is 11.8 Å². The topological polar surface area (TPSA) is 17.1 Å². The molecule has 11 heavy (non-hydrogen) atoms. The number of carbonyl (C=O) groups is 1. The fourth-order valence-electron chi connectivity index (χ4n) is 1.32. The van der Waals surface area contributed by atoms with Crippen LogP contribution in [0.15, 0.2) is 0 Å². The van der Waals surface area contributed by atoms with Gasteiger partial charge in [-0.1, -0.05) is 13.8 Å². The van der Waals surface area contributed by atoms with Crippen LogP contribution in [0, 0.1) is 12.8 Å². The van der Waals surface area contributed by atoms with Gasteiger partial charge in [-0.3, -0.25) is 4.79 Å². The molecular formula is C9H15OS. The second-order valence-corrected chi connectivity index (χ2v) is 4.67. The van der Waals surface area contributed by atoms with E-state index < -0.39 is 0 Å². The van der Waals surface area contributed by atoms with Crippen molar-refractivity contribution in [3.8, 4) is 0 Å². The summed E-state index contributed by atoms with van der Waals surface area (Å²) in [5.74, 6) is 0.832. The highest BCUT2D eigenvalue weighted by Gasteiger charge is 2.33. The minimum atomic E-state index is 0.268. The van der Waals surface area contributed by atoms with E-state index in [2.05, 4.69) is 20.8 Å². The van der Waals surface area contributed by atoms with Gasteiger partial charge in [0.05, 0.1) is 5.25 Å². The van der Waals surface area contributed by atoms with Gasteiger partial charge in [0.1, 0.15) is 5.78 Å². The lowest BCUT2D eigenvalue weighted by Crippen LogP contribution is -2.09. The molecule has 0 saturated carbocycles. The normalized spacial score (nSPS) is 31.8. The van der Waals surface area contributed by atoms with Gasteiger partial charge in [0.15, 0.2) is 0 Å². The van der Waals surface area contributed by atoms with E-state index in [1.807, 2.05) is 11.8 Å². The Labute approximate surface area is 72.9 Å². The van der Waals surface area contributed by atoms with Crippen LogP contribution in [-0.2, 0) is 4.79 Å². The molecule has 0 amide bonds. The highest BCUT2D eigenvalue weighted by Crippen LogP contribution is 2.36. The van der Waals surface area contributed by atoms with Gasteiger partial charge in [-0.25, -0.2) is 0 Å². The maximum absolute atomic E-state index is 11.3. The average Bonchev–Trinajstić information content (AvgIpc) is 2.31. The predicted octanol–water partition coefficient (Wildman–Crippen LogP) is 2.31. The third-order valence-corrected chi connectivity index (χ3v) is 4.01. The second-order valence-electron chi connectivity index (χ2n) is 3.22. The number of rotatable bonds is 2. The molecular weight excluding hydrogens is 156 g/mol. The van der Waals surface area contributed by atoms with Gasteiger partial charge in [0.25, 0.3) is 0 Å². The lowest BCUT2D eigenvalue weighted by molar-refractivity contribution is -0.118. The first-order chi connectivity index (χ1) is 5.15. The third-order valence-electron chi connectivity index (χ3n) is 2.11. The molecule has 3 unspecified atom stereocenters. The molecule has 1 radical (unpaired) electrons. The van der Waals surface area contributed by atoms with Crippen molar-refractivity contribution in [2.75, 3.05) is 0 Å². The SMILES string of the molecule is [CH2]C(C)C1CC(=O)C(CC)S1. The predicted molar refractivity (Wildman–Crippen MR) is 49.6 cm³/mol. The summed E-state index contributed by atoms with van der Waals surface area (Å²) >= 11 is 1.81. The van der Waals surface area contributed by atoms with Gasteiger partial charge >= 0.3 is 0 Å². The zero-order valence-electron chi connectivity index (χ0n) is 7.17. The van der Waals surface area contributed by atoms with Gasteiger partial charge in [0.2, 0.25) is 0 Å². The van der Waals surface area contributed by atoms with Crippen molar-refractivity contribution in [1.82, 2.24) is 0 Å². The molecule has 0 spiro atoms. The summed E-state index contributed by atoms with van der Waals surface area (Å²) in [7, 11) is 0. The Morgan fingerprint density at radius 3 is 2.73 bits per heavy atom. The molecule has 63 valence electrons. The number of thioether (sulfide) groups is 1. The first-order valence-electron chi connectivity index (χ1n) is 4.16. The Bertz CT molecular complexity index is 154. The third kappa shape index (κ3) is 1.98. The van der Waals surface area contributed by atoms with Crippen molar-refractivity contribution in [2.24, 2.45) is 5.92 Å². The molecule has 2 heteroatoms. The summed E-state index contributed by atoms with van der Waals surface area (Å²) in [4.78, 5) is 11.3. The summed E-state index contributed by atoms with van der Waals surface area (Å²) in [6, 6.07) is 0. The van der Waals surface area contributed by atoms with E-state index in [9.17, 15) is 4.79 Å². The highest BCUT2D eigenvalue weighted by molar-refractivity contribution is 8.01. The van der Waals surface area contributed by atoms with Crippen molar-refractivity contribution in [3.05, 3.63) is 6.92 Å². The fraction of sp³-hybridized carbons (Fsp3) is 0.778. The number of ketones is 1. The van der Waals surface area contributed by atoms with E-state index >= 15 is 0 Å². The minimum Gasteiger partial charge on any atom is -0.298 e. The molecule has 0 N–H and O–H groups in total. The zero-order chi connectivity index (χ0) is 8.43. The Hall–Kier alpha value is 0.0200. The van der Waals surface area contributed by atoms with Crippen molar-refractivity contribution >= 4 is 17.5 Å². The lowest BCUT2D eigenvalue weighted by atomic mass is 10.0. The molecule has 3 atom stereocenters. The van der Waals surface area contributed by atoms with Gasteiger partial charge in [-0.05, 0) is 19.3 Å². The smallest absolute Gasteiger partial charge is 0.146 e. The first-order valence-corrected chi connectivity index (χ1v) is 5.10. The average molecular weight is 171 g/mol. The molecule has 1 saturated heterocycles. The Balaban J connectivity index is 2.49. The summed E-state index contributed by atoms with van der Waals surface area (Å²) in [5.41, 5.74) is 0. The number of Topliss-reactive ketones (excluding diaryl/α,β-unsaturated/α-hetero) is 1. The van der Waals surface area contributed by atoms with Crippen LogP contribution in [-0.4, -0.2) is 16.3 Å². The Morgan fingerprint density at radius 1 is 1.82 bits per heavy atom. The monoisotopic (exact) mass is 171 g/mol. The van der Waals surface area contributed by atoms with Crippen molar-refractivity contribution < 1.29 is 4.79 Å². The molecule has 0 aromatic heterocycles. The van der Waals surface area contributed by atoms with Crippen LogP contribution in [0.2, 0.25) is 0 Å². The molecule has 1 aliphatic rings. The summed E-state index contributed by atoms with van der Waals surface area (Å²) < 4.78 is 0. The maximum atomic E-state index is 11.3. The van der Waals surface area contributed by atoms with Gasteiger partial charge in [-0.15, -0.1) is 11.8 Å². The maximum Gasteiger partial charge on any atom is 0.146 e. The molecule has 1 aliphatic heterocycles. The summed E-state index contributed by atoms with van der Waals surface area (Å²) in [6.45, 7) is 8.11. The summed E-state index contributed by atoms with van der Waals surface area (Å²) in [6.07, 6.45) is 1.72. The molecule has 1 fully saturated rings.